The van der Waals surface area contributed by atoms with E-state index in [4.69, 9.17) is 0 Å². The highest BCUT2D eigenvalue weighted by Gasteiger charge is 2.09. The Morgan fingerprint density at radius 1 is 1.22 bits per heavy atom. The predicted molar refractivity (Wildman–Crippen MR) is 67.8 cm³/mol. The first-order valence-corrected chi connectivity index (χ1v) is 5.75. The van der Waals surface area contributed by atoms with Crippen LogP contribution in [0.25, 0.3) is 0 Å². The lowest BCUT2D eigenvalue weighted by molar-refractivity contribution is -0.125. The maximum Gasteiger partial charge on any atom is 0.239 e. The van der Waals surface area contributed by atoms with Gasteiger partial charge in [-0.3, -0.25) is 9.59 Å². The maximum atomic E-state index is 11.3. The van der Waals surface area contributed by atoms with Gasteiger partial charge in [-0.2, -0.15) is 0 Å². The van der Waals surface area contributed by atoms with Gasteiger partial charge in [-0.25, -0.2) is 0 Å². The summed E-state index contributed by atoms with van der Waals surface area (Å²) in [5.41, 5.74) is 1.86. The fourth-order valence-electron chi connectivity index (χ4n) is 1.38. The summed E-state index contributed by atoms with van der Waals surface area (Å²) in [6.45, 7) is 3.36. The first-order chi connectivity index (χ1) is 8.49. The second kappa shape index (κ2) is 6.76. The molecule has 0 spiro atoms. The van der Waals surface area contributed by atoms with Gasteiger partial charge in [-0.1, -0.05) is 29.8 Å². The van der Waals surface area contributed by atoms with Crippen molar-refractivity contribution in [1.29, 1.82) is 0 Å². The van der Waals surface area contributed by atoms with E-state index in [-0.39, 0.29) is 24.9 Å². The van der Waals surface area contributed by atoms with Gasteiger partial charge in [-0.15, -0.1) is 0 Å². The van der Waals surface area contributed by atoms with E-state index < -0.39 is 6.10 Å². The molecule has 18 heavy (non-hydrogen) atoms. The molecule has 0 bridgehead atoms. The zero-order chi connectivity index (χ0) is 13.5. The van der Waals surface area contributed by atoms with Crippen molar-refractivity contribution in [2.75, 3.05) is 13.1 Å². The second-order valence-electron chi connectivity index (χ2n) is 4.14. The number of hydrogen-bond acceptors (Lipinski definition) is 3. The van der Waals surface area contributed by atoms with E-state index in [2.05, 4.69) is 10.6 Å². The molecule has 0 radical (unpaired) electrons. The molecular formula is C13H18N2O3. The Hall–Kier alpha value is -1.88. The van der Waals surface area contributed by atoms with Crippen LogP contribution in [-0.2, 0) is 9.59 Å². The largest absolute Gasteiger partial charge is 0.387 e. The van der Waals surface area contributed by atoms with Crippen molar-refractivity contribution in [3.05, 3.63) is 35.4 Å². The summed E-state index contributed by atoms with van der Waals surface area (Å²) in [5.74, 6) is -0.583. The van der Waals surface area contributed by atoms with Crippen LogP contribution in [0, 0.1) is 6.92 Å². The third kappa shape index (κ3) is 4.97. The van der Waals surface area contributed by atoms with Crippen LogP contribution in [0.2, 0.25) is 0 Å². The molecule has 3 N–H and O–H groups in total. The molecule has 0 aromatic heterocycles. The third-order valence-corrected chi connectivity index (χ3v) is 2.45. The Morgan fingerprint density at radius 3 is 2.39 bits per heavy atom. The Labute approximate surface area is 106 Å². The summed E-state index contributed by atoms with van der Waals surface area (Å²) in [4.78, 5) is 21.9. The van der Waals surface area contributed by atoms with E-state index in [9.17, 15) is 14.7 Å². The topological polar surface area (TPSA) is 78.4 Å². The van der Waals surface area contributed by atoms with E-state index in [1.165, 1.54) is 6.92 Å². The molecule has 0 saturated heterocycles. The highest BCUT2D eigenvalue weighted by Crippen LogP contribution is 2.12. The molecule has 0 aliphatic heterocycles. The molecule has 5 heteroatoms. The molecule has 0 saturated carbocycles. The Morgan fingerprint density at radius 2 is 1.83 bits per heavy atom. The van der Waals surface area contributed by atoms with Gasteiger partial charge < -0.3 is 15.7 Å². The van der Waals surface area contributed by atoms with Crippen LogP contribution in [0.4, 0.5) is 0 Å². The first-order valence-electron chi connectivity index (χ1n) is 5.75. The standard InChI is InChI=1S/C13H18N2O3/c1-9-3-5-11(6-4-9)12(17)7-15-13(18)8-14-10(2)16/h3-6,12,17H,7-8H2,1-2H3,(H,14,16)(H,15,18). The molecule has 0 aliphatic rings. The third-order valence-electron chi connectivity index (χ3n) is 2.45. The summed E-state index contributed by atoms with van der Waals surface area (Å²) >= 11 is 0. The molecular weight excluding hydrogens is 232 g/mol. The number of aliphatic hydroxyl groups is 1. The highest BCUT2D eigenvalue weighted by molar-refractivity contribution is 5.83. The van der Waals surface area contributed by atoms with E-state index in [1.54, 1.807) is 0 Å². The molecule has 1 rings (SSSR count). The fourth-order valence-corrected chi connectivity index (χ4v) is 1.38. The quantitative estimate of drug-likeness (QED) is 0.702. The van der Waals surface area contributed by atoms with Gasteiger partial charge in [0.25, 0.3) is 0 Å². The van der Waals surface area contributed by atoms with Crippen molar-refractivity contribution in [3.8, 4) is 0 Å². The zero-order valence-corrected chi connectivity index (χ0v) is 10.6. The Bertz CT molecular complexity index is 415. The molecule has 0 aliphatic carbocycles. The van der Waals surface area contributed by atoms with Gasteiger partial charge in [0.05, 0.1) is 12.6 Å². The average Bonchev–Trinajstić information content (AvgIpc) is 2.34. The lowest BCUT2D eigenvalue weighted by Crippen LogP contribution is -2.37. The number of hydrogen-bond donors (Lipinski definition) is 3. The van der Waals surface area contributed by atoms with Gasteiger partial charge in [0.2, 0.25) is 11.8 Å². The Balaban J connectivity index is 2.36. The molecule has 2 amide bonds. The summed E-state index contributed by atoms with van der Waals surface area (Å²) in [6.07, 6.45) is -0.744. The van der Waals surface area contributed by atoms with Gasteiger partial charge >= 0.3 is 0 Å². The SMILES string of the molecule is CC(=O)NCC(=O)NCC(O)c1ccc(C)cc1. The second-order valence-corrected chi connectivity index (χ2v) is 4.14. The molecule has 1 unspecified atom stereocenters. The van der Waals surface area contributed by atoms with Gasteiger partial charge in [0.15, 0.2) is 0 Å². The minimum absolute atomic E-state index is 0.0735. The smallest absolute Gasteiger partial charge is 0.239 e. The number of nitrogens with one attached hydrogen (secondary N) is 2. The number of aryl methyl sites for hydroxylation is 1. The first kappa shape index (κ1) is 14.2. The predicted octanol–water partition coefficient (Wildman–Crippen LogP) is 0.281. The summed E-state index contributed by atoms with van der Waals surface area (Å²) < 4.78 is 0. The average molecular weight is 250 g/mol. The minimum Gasteiger partial charge on any atom is -0.387 e. The van der Waals surface area contributed by atoms with Gasteiger partial charge in [-0.05, 0) is 12.5 Å². The molecule has 1 atom stereocenters. The van der Waals surface area contributed by atoms with Crippen molar-refractivity contribution < 1.29 is 14.7 Å². The molecule has 1 aromatic carbocycles. The number of carbonyl (C=O) groups is 2. The summed E-state index contributed by atoms with van der Waals surface area (Å²) in [6, 6.07) is 7.44. The van der Waals surface area contributed by atoms with Crippen LogP contribution in [0.15, 0.2) is 24.3 Å². The fraction of sp³-hybridized carbons (Fsp3) is 0.385. The van der Waals surface area contributed by atoms with Crippen molar-refractivity contribution in [1.82, 2.24) is 10.6 Å². The van der Waals surface area contributed by atoms with Gasteiger partial charge in [0.1, 0.15) is 0 Å². The van der Waals surface area contributed by atoms with Crippen LogP contribution in [0.1, 0.15) is 24.2 Å². The molecule has 0 heterocycles. The van der Waals surface area contributed by atoms with E-state index in [1.807, 2.05) is 31.2 Å². The van der Waals surface area contributed by atoms with Crippen molar-refractivity contribution in [3.63, 3.8) is 0 Å². The van der Waals surface area contributed by atoms with E-state index >= 15 is 0 Å². The number of benzene rings is 1. The van der Waals surface area contributed by atoms with Crippen molar-refractivity contribution in [2.45, 2.75) is 20.0 Å². The number of aliphatic hydroxyl groups excluding tert-OH is 1. The zero-order valence-electron chi connectivity index (χ0n) is 10.6. The summed E-state index contributed by atoms with van der Waals surface area (Å²) in [7, 11) is 0. The molecule has 98 valence electrons. The maximum absolute atomic E-state index is 11.3. The van der Waals surface area contributed by atoms with E-state index in [0.717, 1.165) is 11.1 Å². The Kier molecular flexibility index (Phi) is 5.32. The van der Waals surface area contributed by atoms with Crippen LogP contribution in [0.3, 0.4) is 0 Å². The van der Waals surface area contributed by atoms with Crippen LogP contribution >= 0.6 is 0 Å². The number of amides is 2. The monoisotopic (exact) mass is 250 g/mol. The van der Waals surface area contributed by atoms with Crippen LogP contribution in [-0.4, -0.2) is 30.0 Å². The molecule has 1 aromatic rings. The molecule has 0 fully saturated rings. The van der Waals surface area contributed by atoms with Crippen molar-refractivity contribution in [2.24, 2.45) is 0 Å². The van der Waals surface area contributed by atoms with Crippen molar-refractivity contribution >= 4 is 11.8 Å². The van der Waals surface area contributed by atoms with E-state index in [0.29, 0.717) is 0 Å². The highest BCUT2D eigenvalue weighted by atomic mass is 16.3. The summed E-state index contributed by atoms with van der Waals surface area (Å²) in [5, 5.41) is 14.8. The lowest BCUT2D eigenvalue weighted by atomic mass is 10.1. The lowest BCUT2D eigenvalue weighted by Gasteiger charge is -2.12. The number of rotatable bonds is 5. The number of carbonyl (C=O) groups excluding carboxylic acids is 2. The van der Waals surface area contributed by atoms with Crippen LogP contribution < -0.4 is 10.6 Å². The minimum atomic E-state index is -0.744. The normalized spacial score (nSPS) is 11.7. The van der Waals surface area contributed by atoms with Crippen LogP contribution in [0.5, 0.6) is 0 Å². The molecule has 5 nitrogen and oxygen atoms in total. The van der Waals surface area contributed by atoms with Gasteiger partial charge in [0, 0.05) is 13.5 Å².